The van der Waals surface area contributed by atoms with Gasteiger partial charge in [-0.2, -0.15) is 0 Å². The van der Waals surface area contributed by atoms with Gasteiger partial charge in [0.2, 0.25) is 0 Å². The maximum absolute atomic E-state index is 12.7. The van der Waals surface area contributed by atoms with Gasteiger partial charge in [0.25, 0.3) is 5.91 Å². The average Bonchev–Trinajstić information content (AvgIpc) is 3.43. The lowest BCUT2D eigenvalue weighted by atomic mass is 10.1. The van der Waals surface area contributed by atoms with Gasteiger partial charge in [-0.05, 0) is 37.8 Å². The number of aliphatic hydroxyl groups is 1. The molecule has 1 atom stereocenters. The number of ether oxygens (including phenoxy) is 1. The molecule has 1 aromatic carbocycles. The number of carbonyl (C=O) groups is 1. The van der Waals surface area contributed by atoms with Crippen LogP contribution in [0.25, 0.3) is 0 Å². The van der Waals surface area contributed by atoms with Crippen molar-refractivity contribution in [2.24, 2.45) is 0 Å². The monoisotopic (exact) mass is 353 g/mol. The van der Waals surface area contributed by atoms with Gasteiger partial charge in [-0.3, -0.25) is 4.79 Å². The second-order valence-corrected chi connectivity index (χ2v) is 7.36. The van der Waals surface area contributed by atoms with E-state index in [1.54, 1.807) is 17.3 Å². The van der Waals surface area contributed by atoms with Gasteiger partial charge in [0.15, 0.2) is 0 Å². The van der Waals surface area contributed by atoms with Crippen LogP contribution in [0, 0.1) is 6.92 Å². The number of aromatic nitrogens is 2. The van der Waals surface area contributed by atoms with E-state index in [0.717, 1.165) is 30.0 Å². The summed E-state index contributed by atoms with van der Waals surface area (Å²) in [5.74, 6) is 1.91. The molecule has 4 rings (SSSR count). The smallest absolute Gasteiger partial charge is 0.257 e. The number of amides is 1. The number of aryl methyl sites for hydroxylation is 1. The second kappa shape index (κ2) is 6.68. The van der Waals surface area contributed by atoms with E-state index >= 15 is 0 Å². The number of rotatable bonds is 5. The van der Waals surface area contributed by atoms with Crippen LogP contribution in [-0.2, 0) is 0 Å². The number of hydrogen-bond donors (Lipinski definition) is 1. The zero-order chi connectivity index (χ0) is 18.1. The van der Waals surface area contributed by atoms with Crippen LogP contribution in [0.15, 0.2) is 36.7 Å². The first kappa shape index (κ1) is 17.0. The number of benzene rings is 1. The largest absolute Gasteiger partial charge is 0.490 e. The molecule has 2 heterocycles. The molecule has 136 valence electrons. The molecule has 0 unspecified atom stereocenters. The fourth-order valence-electron chi connectivity index (χ4n) is 3.26. The number of hydrogen-bond acceptors (Lipinski definition) is 5. The van der Waals surface area contributed by atoms with Crippen LogP contribution in [0.3, 0.4) is 0 Å². The molecular formula is C20H23N3O3. The molecule has 1 N–H and O–H groups in total. The third-order valence-electron chi connectivity index (χ3n) is 5.07. The van der Waals surface area contributed by atoms with Crippen molar-refractivity contribution < 1.29 is 14.6 Å². The van der Waals surface area contributed by atoms with Crippen LogP contribution in [0.1, 0.15) is 46.9 Å². The summed E-state index contributed by atoms with van der Waals surface area (Å²) in [5, 5.41) is 10.8. The standard InChI is InChI=1S/C20H23N3O3/c1-14-4-2-3-5-17(14)26-13-20(25)8-9-23(12-20)19(24)16-10-21-18(22-11-16)15-6-7-15/h2-5,10-11,15,25H,6-9,12-13H2,1H3/t20-/m1/s1. The Kier molecular flexibility index (Phi) is 4.36. The van der Waals surface area contributed by atoms with E-state index in [1.165, 1.54) is 0 Å². The Labute approximate surface area is 152 Å². The quantitative estimate of drug-likeness (QED) is 0.893. The van der Waals surface area contributed by atoms with E-state index in [9.17, 15) is 9.90 Å². The molecule has 2 fully saturated rings. The lowest BCUT2D eigenvalue weighted by molar-refractivity contribution is 0.00412. The van der Waals surface area contributed by atoms with E-state index in [-0.39, 0.29) is 19.1 Å². The molecule has 1 saturated heterocycles. The summed E-state index contributed by atoms with van der Waals surface area (Å²) >= 11 is 0. The third-order valence-corrected chi connectivity index (χ3v) is 5.07. The van der Waals surface area contributed by atoms with E-state index in [0.29, 0.717) is 24.4 Å². The Morgan fingerprint density at radius 3 is 2.73 bits per heavy atom. The lowest BCUT2D eigenvalue weighted by Crippen LogP contribution is -2.40. The van der Waals surface area contributed by atoms with Crippen molar-refractivity contribution in [1.29, 1.82) is 0 Å². The Balaban J connectivity index is 1.37. The summed E-state index contributed by atoms with van der Waals surface area (Å²) in [6, 6.07) is 7.70. The van der Waals surface area contributed by atoms with Crippen LogP contribution >= 0.6 is 0 Å². The van der Waals surface area contributed by atoms with Gasteiger partial charge in [0, 0.05) is 24.9 Å². The fraction of sp³-hybridized carbons (Fsp3) is 0.450. The number of nitrogens with zero attached hydrogens (tertiary/aromatic N) is 3. The molecule has 0 spiro atoms. The first-order valence-corrected chi connectivity index (χ1v) is 9.06. The first-order valence-electron chi connectivity index (χ1n) is 9.06. The van der Waals surface area contributed by atoms with Gasteiger partial charge in [-0.25, -0.2) is 9.97 Å². The highest BCUT2D eigenvalue weighted by Gasteiger charge is 2.39. The zero-order valence-corrected chi connectivity index (χ0v) is 14.9. The van der Waals surface area contributed by atoms with Crippen molar-refractivity contribution in [2.45, 2.75) is 37.7 Å². The molecule has 1 saturated carbocycles. The SMILES string of the molecule is Cc1ccccc1OC[C@@]1(O)CCN(C(=O)c2cnc(C3CC3)nc2)C1. The summed E-state index contributed by atoms with van der Waals surface area (Å²) in [7, 11) is 0. The number of likely N-dealkylation sites (tertiary alicyclic amines) is 1. The van der Waals surface area contributed by atoms with Crippen LogP contribution < -0.4 is 4.74 Å². The molecule has 2 aliphatic rings. The Bertz CT molecular complexity index is 804. The first-order chi connectivity index (χ1) is 12.5. The molecule has 26 heavy (non-hydrogen) atoms. The van der Waals surface area contributed by atoms with E-state index in [2.05, 4.69) is 9.97 Å². The number of para-hydroxylation sites is 1. The van der Waals surface area contributed by atoms with Crippen LogP contribution in [0.5, 0.6) is 5.75 Å². The molecule has 1 aromatic heterocycles. The number of carbonyl (C=O) groups excluding carboxylic acids is 1. The molecule has 1 amide bonds. The van der Waals surface area contributed by atoms with Gasteiger partial charge in [-0.1, -0.05) is 18.2 Å². The van der Waals surface area contributed by atoms with E-state index in [4.69, 9.17) is 4.74 Å². The maximum Gasteiger partial charge on any atom is 0.257 e. The summed E-state index contributed by atoms with van der Waals surface area (Å²) in [6.07, 6.45) is 5.96. The third kappa shape index (κ3) is 3.55. The Morgan fingerprint density at radius 2 is 2.04 bits per heavy atom. The molecule has 1 aliphatic heterocycles. The van der Waals surface area contributed by atoms with Gasteiger partial charge < -0.3 is 14.7 Å². The summed E-state index contributed by atoms with van der Waals surface area (Å²) in [5.41, 5.74) is 0.459. The highest BCUT2D eigenvalue weighted by atomic mass is 16.5. The lowest BCUT2D eigenvalue weighted by Gasteiger charge is -2.24. The molecule has 6 nitrogen and oxygen atoms in total. The van der Waals surface area contributed by atoms with Gasteiger partial charge in [0.05, 0.1) is 12.1 Å². The fourth-order valence-corrected chi connectivity index (χ4v) is 3.26. The van der Waals surface area contributed by atoms with Crippen molar-refractivity contribution in [2.75, 3.05) is 19.7 Å². The van der Waals surface area contributed by atoms with Crippen LogP contribution in [0.2, 0.25) is 0 Å². The number of β-amino-alcohol motifs (C(OH)–C–C–N with tert-alkyl or cyclic N) is 1. The normalized spacial score (nSPS) is 22.5. The van der Waals surface area contributed by atoms with E-state index < -0.39 is 5.60 Å². The molecule has 0 bridgehead atoms. The summed E-state index contributed by atoms with van der Waals surface area (Å²) in [6.45, 7) is 2.88. The van der Waals surface area contributed by atoms with Gasteiger partial charge in [-0.15, -0.1) is 0 Å². The molecule has 2 aromatic rings. The molecule has 1 aliphatic carbocycles. The Morgan fingerprint density at radius 1 is 1.31 bits per heavy atom. The van der Waals surface area contributed by atoms with Crippen molar-refractivity contribution in [3.63, 3.8) is 0 Å². The van der Waals surface area contributed by atoms with Crippen molar-refractivity contribution in [1.82, 2.24) is 14.9 Å². The average molecular weight is 353 g/mol. The van der Waals surface area contributed by atoms with Crippen molar-refractivity contribution >= 4 is 5.91 Å². The Hall–Kier alpha value is -2.47. The zero-order valence-electron chi connectivity index (χ0n) is 14.9. The van der Waals surface area contributed by atoms with Gasteiger partial charge in [0.1, 0.15) is 23.8 Å². The molecule has 0 radical (unpaired) electrons. The predicted molar refractivity (Wildman–Crippen MR) is 96.2 cm³/mol. The molecule has 6 heteroatoms. The van der Waals surface area contributed by atoms with Crippen molar-refractivity contribution in [3.8, 4) is 5.75 Å². The van der Waals surface area contributed by atoms with Crippen LogP contribution in [-0.4, -0.2) is 51.2 Å². The summed E-state index contributed by atoms with van der Waals surface area (Å²) < 4.78 is 5.79. The second-order valence-electron chi connectivity index (χ2n) is 7.36. The summed E-state index contributed by atoms with van der Waals surface area (Å²) in [4.78, 5) is 22.9. The minimum Gasteiger partial charge on any atom is -0.490 e. The minimum absolute atomic E-state index is 0.140. The van der Waals surface area contributed by atoms with E-state index in [1.807, 2.05) is 31.2 Å². The maximum atomic E-state index is 12.7. The highest BCUT2D eigenvalue weighted by Crippen LogP contribution is 2.37. The predicted octanol–water partition coefficient (Wildman–Crippen LogP) is 2.32. The van der Waals surface area contributed by atoms with Crippen LogP contribution in [0.4, 0.5) is 0 Å². The topological polar surface area (TPSA) is 75.6 Å². The minimum atomic E-state index is -1.03. The molecular weight excluding hydrogens is 330 g/mol. The van der Waals surface area contributed by atoms with Gasteiger partial charge >= 0.3 is 0 Å². The highest BCUT2D eigenvalue weighted by molar-refractivity contribution is 5.93. The van der Waals surface area contributed by atoms with Crippen molar-refractivity contribution in [3.05, 3.63) is 53.6 Å².